The van der Waals surface area contributed by atoms with Crippen molar-refractivity contribution in [2.24, 2.45) is 0 Å². The molecule has 0 aromatic heterocycles. The average molecular weight is 594 g/mol. The molecule has 0 aliphatic heterocycles. The van der Waals surface area contributed by atoms with Gasteiger partial charge in [-0.15, -0.1) is 0 Å². The number of allylic oxidation sites excluding steroid dienone is 2. The fourth-order valence-electron chi connectivity index (χ4n) is 5.66. The number of hydrogen-bond donors (Lipinski definition) is 0. The Labute approximate surface area is 244 Å². The van der Waals surface area contributed by atoms with Crippen LogP contribution < -0.4 is 0 Å². The molecule has 0 saturated carbocycles. The van der Waals surface area contributed by atoms with E-state index in [-0.39, 0.29) is 39.0 Å². The van der Waals surface area contributed by atoms with Gasteiger partial charge in [0, 0.05) is 22.3 Å². The second kappa shape index (κ2) is 9.70. The number of alkyl halides is 3. The van der Waals surface area contributed by atoms with Crippen LogP contribution in [0.4, 0.5) is 30.7 Å². The lowest BCUT2D eigenvalue weighted by Gasteiger charge is -2.11. The van der Waals surface area contributed by atoms with Crippen LogP contribution in [0.3, 0.4) is 0 Å². The highest BCUT2D eigenvalue weighted by Gasteiger charge is 2.39. The van der Waals surface area contributed by atoms with Crippen molar-refractivity contribution < 1.29 is 30.7 Å². The predicted molar refractivity (Wildman–Crippen MR) is 144 cm³/mol. The van der Waals surface area contributed by atoms with Crippen molar-refractivity contribution in [1.82, 2.24) is 0 Å². The van der Waals surface area contributed by atoms with E-state index in [1.165, 1.54) is 42.5 Å². The van der Waals surface area contributed by atoms with E-state index in [1.54, 1.807) is 12.1 Å². The molecule has 0 heterocycles. The topological polar surface area (TPSA) is 56.3 Å². The van der Waals surface area contributed by atoms with E-state index in [4.69, 9.17) is 13.1 Å². The van der Waals surface area contributed by atoms with Crippen LogP contribution in [0, 0.1) is 59.1 Å². The first kappa shape index (κ1) is 28.0. The highest BCUT2D eigenvalue weighted by atomic mass is 19.4. The normalized spacial score (nSPS) is 14.7. The Morgan fingerprint density at radius 2 is 1.14 bits per heavy atom. The summed E-state index contributed by atoms with van der Waals surface area (Å²) in [4.78, 5) is 6.36. The summed E-state index contributed by atoms with van der Waals surface area (Å²) in [5, 5.41) is 19.4. The summed E-state index contributed by atoms with van der Waals surface area (Å²) in [5.41, 5.74) is -2.79. The smallest absolute Gasteiger partial charge is 0.226 e. The van der Waals surface area contributed by atoms with Gasteiger partial charge in [-0.3, -0.25) is 0 Å². The predicted octanol–water partition coefficient (Wildman–Crippen LogP) is 9.29. The fourth-order valence-corrected chi connectivity index (χ4v) is 5.66. The summed E-state index contributed by atoms with van der Waals surface area (Å²) in [6.45, 7) is 15.0. The lowest BCUT2D eigenvalue weighted by atomic mass is 9.94. The van der Waals surface area contributed by atoms with Gasteiger partial charge in [0.15, 0.2) is 23.3 Å². The van der Waals surface area contributed by atoms with Crippen molar-refractivity contribution in [3.8, 4) is 45.5 Å². The molecule has 0 bridgehead atoms. The number of nitrogens with zero attached hydrogens (tertiary/aromatic N) is 4. The molecule has 0 spiro atoms. The molecular weight excluding hydrogens is 585 g/mol. The molecule has 6 rings (SSSR count). The van der Waals surface area contributed by atoms with Gasteiger partial charge in [0.2, 0.25) is 0 Å². The quantitative estimate of drug-likeness (QED) is 0.0627. The van der Waals surface area contributed by atoms with Crippen molar-refractivity contribution in [2.45, 2.75) is 6.18 Å². The standard InChI is InChI=1S/C33H9F7N4/c1-43-23(12-41)25-19-9-15(14-4-3-5-16(8-14)33(38,39)40)6-7-17(19)18-10-21-22(11-20(18)25)27-28(26(21)24(13-42)44-2)30(35)32(37)31(36)29(27)34/h3-11H/b25-23?,26-24+. The molecule has 2 aliphatic rings. The number of benzene rings is 4. The lowest BCUT2D eigenvalue weighted by Crippen LogP contribution is -2.04. The molecule has 0 radical (unpaired) electrons. The van der Waals surface area contributed by atoms with E-state index in [2.05, 4.69) is 9.69 Å². The molecule has 0 fully saturated rings. The summed E-state index contributed by atoms with van der Waals surface area (Å²) in [6.07, 6.45) is -4.61. The number of halogens is 7. The Morgan fingerprint density at radius 3 is 1.75 bits per heavy atom. The number of rotatable bonds is 1. The fraction of sp³-hybridized carbons (Fsp3) is 0.0303. The second-order valence-corrected chi connectivity index (χ2v) is 9.68. The summed E-state index contributed by atoms with van der Waals surface area (Å²) >= 11 is 0. The highest BCUT2D eigenvalue weighted by molar-refractivity contribution is 6.11. The molecule has 2 aliphatic carbocycles. The highest BCUT2D eigenvalue weighted by Crippen LogP contribution is 2.55. The molecule has 4 aromatic carbocycles. The Balaban J connectivity index is 1.68. The third kappa shape index (κ3) is 3.81. The monoisotopic (exact) mass is 594 g/mol. The second-order valence-electron chi connectivity index (χ2n) is 9.68. The van der Waals surface area contributed by atoms with Gasteiger partial charge in [0.05, 0.1) is 30.8 Å². The van der Waals surface area contributed by atoms with Crippen LogP contribution in [0.5, 0.6) is 0 Å². The van der Waals surface area contributed by atoms with E-state index in [0.717, 1.165) is 12.1 Å². The van der Waals surface area contributed by atoms with Crippen molar-refractivity contribution in [2.75, 3.05) is 0 Å². The van der Waals surface area contributed by atoms with Gasteiger partial charge in [-0.1, -0.05) is 24.3 Å². The van der Waals surface area contributed by atoms with E-state index in [9.17, 15) is 32.5 Å². The van der Waals surface area contributed by atoms with E-state index in [0.29, 0.717) is 11.1 Å². The van der Waals surface area contributed by atoms with Gasteiger partial charge in [0.25, 0.3) is 11.4 Å². The van der Waals surface area contributed by atoms with Gasteiger partial charge in [0.1, 0.15) is 0 Å². The molecule has 0 saturated heterocycles. The van der Waals surface area contributed by atoms with Gasteiger partial charge in [-0.2, -0.15) is 13.2 Å². The van der Waals surface area contributed by atoms with Crippen molar-refractivity contribution in [1.29, 1.82) is 10.5 Å². The lowest BCUT2D eigenvalue weighted by molar-refractivity contribution is -0.137. The van der Waals surface area contributed by atoms with E-state index in [1.807, 2.05) is 0 Å². The van der Waals surface area contributed by atoms with Crippen LogP contribution in [0.1, 0.15) is 27.8 Å². The maximum Gasteiger partial charge on any atom is 0.416 e. The number of nitriles is 2. The largest absolute Gasteiger partial charge is 0.416 e. The van der Waals surface area contributed by atoms with Gasteiger partial charge in [-0.25, -0.2) is 37.8 Å². The molecule has 44 heavy (non-hydrogen) atoms. The molecule has 0 atom stereocenters. The zero-order valence-corrected chi connectivity index (χ0v) is 21.6. The van der Waals surface area contributed by atoms with Crippen LogP contribution in [-0.4, -0.2) is 0 Å². The molecular formula is C33H9F7N4. The first-order valence-corrected chi connectivity index (χ1v) is 12.4. The molecule has 11 heteroatoms. The minimum Gasteiger partial charge on any atom is -0.226 e. The minimum atomic E-state index is -4.61. The third-order valence-corrected chi connectivity index (χ3v) is 7.49. The van der Waals surface area contributed by atoms with Crippen molar-refractivity contribution >= 4 is 11.1 Å². The zero-order chi connectivity index (χ0) is 31.7. The average Bonchev–Trinajstić information content (AvgIpc) is 3.51. The van der Waals surface area contributed by atoms with Gasteiger partial charge in [-0.05, 0) is 74.8 Å². The summed E-state index contributed by atoms with van der Waals surface area (Å²) in [7, 11) is 0. The van der Waals surface area contributed by atoms with Crippen LogP contribution in [0.25, 0.3) is 54.2 Å². The van der Waals surface area contributed by atoms with E-state index < -0.39 is 63.1 Å². The van der Waals surface area contributed by atoms with E-state index >= 15 is 8.78 Å². The Kier molecular flexibility index (Phi) is 6.16. The van der Waals surface area contributed by atoms with Gasteiger partial charge >= 0.3 is 6.18 Å². The maximum atomic E-state index is 15.3. The van der Waals surface area contributed by atoms with Crippen LogP contribution in [-0.2, 0) is 6.18 Å². The molecule has 0 amide bonds. The van der Waals surface area contributed by atoms with Crippen LogP contribution in [0.2, 0.25) is 0 Å². The first-order chi connectivity index (χ1) is 21.0. The van der Waals surface area contributed by atoms with Crippen LogP contribution in [0.15, 0.2) is 66.0 Å². The van der Waals surface area contributed by atoms with Crippen molar-refractivity contribution in [3.63, 3.8) is 0 Å². The Hall–Kier alpha value is -6.17. The molecule has 4 aromatic rings. The van der Waals surface area contributed by atoms with Crippen molar-refractivity contribution in [3.05, 3.63) is 140 Å². The molecule has 210 valence electrons. The number of fused-ring (bicyclic) bond motifs is 6. The van der Waals surface area contributed by atoms with Gasteiger partial charge < -0.3 is 0 Å². The first-order valence-electron chi connectivity index (χ1n) is 12.4. The summed E-state index contributed by atoms with van der Waals surface area (Å²) < 4.78 is 99.4. The third-order valence-electron chi connectivity index (χ3n) is 7.49. The summed E-state index contributed by atoms with van der Waals surface area (Å²) in [6, 6.07) is 15.0. The Bertz CT molecular complexity index is 2220. The summed E-state index contributed by atoms with van der Waals surface area (Å²) in [5.74, 6) is -7.81. The molecule has 0 unspecified atom stereocenters. The SMILES string of the molecule is [C-]#[N+]C(C#N)=C1c2cc(-c3cccc(C(F)(F)F)c3)ccc2-c2cc3c(cc21)-c1c(F)c(F)c(F)c(F)c1/C3=C(\C#N)[N+]#[C-]. The Morgan fingerprint density at radius 1 is 0.591 bits per heavy atom. The molecule has 0 N–H and O–H groups in total. The van der Waals surface area contributed by atoms with Crippen LogP contribution >= 0.6 is 0 Å². The maximum absolute atomic E-state index is 15.3. The minimum absolute atomic E-state index is 0.0252. The zero-order valence-electron chi connectivity index (χ0n) is 21.6. The number of hydrogen-bond acceptors (Lipinski definition) is 2. The molecule has 4 nitrogen and oxygen atoms in total.